The summed E-state index contributed by atoms with van der Waals surface area (Å²) in [6.07, 6.45) is 7.46. The summed E-state index contributed by atoms with van der Waals surface area (Å²) in [7, 11) is 0. The van der Waals surface area contributed by atoms with E-state index in [0.717, 1.165) is 18.4 Å². The lowest BCUT2D eigenvalue weighted by atomic mass is 9.81. The van der Waals surface area contributed by atoms with Crippen LogP contribution in [0.5, 0.6) is 0 Å². The van der Waals surface area contributed by atoms with E-state index >= 15 is 0 Å². The fourth-order valence-corrected chi connectivity index (χ4v) is 4.07. The third-order valence-electron chi connectivity index (χ3n) is 5.10. The Bertz CT molecular complexity index is 838. The number of amides is 2. The first-order chi connectivity index (χ1) is 13.0. The summed E-state index contributed by atoms with van der Waals surface area (Å²) < 4.78 is 0. The van der Waals surface area contributed by atoms with Crippen molar-refractivity contribution in [3.63, 3.8) is 0 Å². The highest BCUT2D eigenvalue weighted by Crippen LogP contribution is 2.34. The number of anilines is 1. The number of aliphatic hydroxyl groups excluding tert-OH is 1. The molecule has 7 heteroatoms. The molecule has 1 atom stereocenters. The number of benzene rings is 1. The van der Waals surface area contributed by atoms with Crippen molar-refractivity contribution in [2.75, 3.05) is 25.0 Å². The van der Waals surface area contributed by atoms with Crippen LogP contribution in [0.15, 0.2) is 29.6 Å². The van der Waals surface area contributed by atoms with Crippen LogP contribution in [0.25, 0.3) is 0 Å². The molecule has 5 nitrogen and oxygen atoms in total. The van der Waals surface area contributed by atoms with Crippen LogP contribution in [0.1, 0.15) is 31.0 Å². The van der Waals surface area contributed by atoms with Gasteiger partial charge >= 0.3 is 6.03 Å². The summed E-state index contributed by atoms with van der Waals surface area (Å²) in [6.45, 7) is 3.39. The van der Waals surface area contributed by atoms with E-state index in [4.69, 9.17) is 18.0 Å². The largest absolute Gasteiger partial charge is 0.396 e. The van der Waals surface area contributed by atoms with Crippen molar-refractivity contribution < 1.29 is 9.90 Å². The first kappa shape index (κ1) is 19.7. The maximum absolute atomic E-state index is 12.5. The number of urea groups is 1. The highest BCUT2D eigenvalue weighted by Gasteiger charge is 2.30. The summed E-state index contributed by atoms with van der Waals surface area (Å²) in [6, 6.07) is 7.23. The second-order valence-electron chi connectivity index (χ2n) is 6.86. The van der Waals surface area contributed by atoms with E-state index in [2.05, 4.69) is 16.2 Å². The van der Waals surface area contributed by atoms with E-state index in [1.54, 1.807) is 17.0 Å². The number of thiazole rings is 1. The molecule has 1 aliphatic rings. The summed E-state index contributed by atoms with van der Waals surface area (Å²) in [4.78, 5) is 18.8. The molecular formula is C20H22ClN3O2S. The zero-order chi connectivity index (χ0) is 19.4. The number of terminal acetylenes is 1. The second-order valence-corrected chi connectivity index (χ2v) is 8.15. The Hall–Kier alpha value is -2.07. The molecular weight excluding hydrogens is 382 g/mol. The number of halogens is 1. The minimum atomic E-state index is -0.705. The summed E-state index contributed by atoms with van der Waals surface area (Å²) in [5, 5.41) is 15.1. The van der Waals surface area contributed by atoms with Gasteiger partial charge in [-0.15, -0.1) is 17.8 Å². The van der Waals surface area contributed by atoms with Gasteiger partial charge in [0.1, 0.15) is 0 Å². The first-order valence-corrected chi connectivity index (χ1v) is 10.1. The Kier molecular flexibility index (Phi) is 6.05. The van der Waals surface area contributed by atoms with E-state index in [9.17, 15) is 9.90 Å². The number of aliphatic hydroxyl groups is 1. The Morgan fingerprint density at radius 3 is 2.70 bits per heavy atom. The van der Waals surface area contributed by atoms with Gasteiger partial charge in [-0.3, -0.25) is 5.32 Å². The number of nitrogens with one attached hydrogen (secondary N) is 1. The van der Waals surface area contributed by atoms with Crippen LogP contribution >= 0.6 is 22.9 Å². The van der Waals surface area contributed by atoms with Crippen LogP contribution in [0, 0.1) is 18.3 Å². The lowest BCUT2D eigenvalue weighted by Gasteiger charge is -2.30. The molecule has 3 rings (SSSR count). The van der Waals surface area contributed by atoms with E-state index in [1.807, 2.05) is 24.4 Å². The van der Waals surface area contributed by atoms with Gasteiger partial charge in [0.15, 0.2) is 5.13 Å². The van der Waals surface area contributed by atoms with Gasteiger partial charge < -0.3 is 10.0 Å². The number of hydrogen-bond donors (Lipinski definition) is 2. The standard InChI is InChI=1S/C20H22ClN3O2S/c1-3-20(2,15-4-6-16(21)7-5-15)17-13-27-18(22-17)23-19(26)24-10-8-14(12-25)9-11-24/h1,4-7,13-14,25H,8-12H2,2H3,(H,22,23,26). The van der Waals surface area contributed by atoms with E-state index in [0.29, 0.717) is 28.9 Å². The zero-order valence-electron chi connectivity index (χ0n) is 15.1. The topological polar surface area (TPSA) is 65.5 Å². The summed E-state index contributed by atoms with van der Waals surface area (Å²) in [5.74, 6) is 3.11. The van der Waals surface area contributed by atoms with E-state index in [1.165, 1.54) is 11.3 Å². The van der Waals surface area contributed by atoms with Gasteiger partial charge in [0.2, 0.25) is 0 Å². The van der Waals surface area contributed by atoms with Gasteiger partial charge in [-0.25, -0.2) is 9.78 Å². The summed E-state index contributed by atoms with van der Waals surface area (Å²) in [5.41, 5.74) is 0.930. The lowest BCUT2D eigenvalue weighted by molar-refractivity contribution is 0.143. The predicted molar refractivity (Wildman–Crippen MR) is 109 cm³/mol. The van der Waals surface area contributed by atoms with Crippen LogP contribution < -0.4 is 5.32 Å². The number of rotatable bonds is 4. The zero-order valence-corrected chi connectivity index (χ0v) is 16.7. The number of carbonyl (C=O) groups is 1. The average Bonchev–Trinajstić information content (AvgIpc) is 3.17. The maximum Gasteiger partial charge on any atom is 0.323 e. The Balaban J connectivity index is 1.71. The van der Waals surface area contributed by atoms with Gasteiger partial charge in [0, 0.05) is 30.1 Å². The molecule has 2 aromatic rings. The molecule has 1 fully saturated rings. The Morgan fingerprint density at radius 1 is 1.44 bits per heavy atom. The molecule has 1 unspecified atom stereocenters. The molecule has 2 amide bonds. The molecule has 2 N–H and O–H groups in total. The highest BCUT2D eigenvalue weighted by atomic mass is 35.5. The number of nitrogens with zero attached hydrogens (tertiary/aromatic N) is 2. The Morgan fingerprint density at radius 2 is 2.11 bits per heavy atom. The van der Waals surface area contributed by atoms with Crippen molar-refractivity contribution in [2.45, 2.75) is 25.2 Å². The molecule has 0 spiro atoms. The number of piperidine rings is 1. The van der Waals surface area contributed by atoms with E-state index < -0.39 is 5.41 Å². The minimum Gasteiger partial charge on any atom is -0.396 e. The Labute approximate surface area is 168 Å². The average molecular weight is 404 g/mol. The van der Waals surface area contributed by atoms with Gasteiger partial charge in [0.05, 0.1) is 11.1 Å². The van der Waals surface area contributed by atoms with Crippen molar-refractivity contribution in [3.05, 3.63) is 45.9 Å². The van der Waals surface area contributed by atoms with Crippen LogP contribution in [-0.2, 0) is 5.41 Å². The molecule has 142 valence electrons. The molecule has 2 heterocycles. The fraction of sp³-hybridized carbons (Fsp3) is 0.400. The third kappa shape index (κ3) is 4.27. The molecule has 1 aromatic heterocycles. The molecule has 0 bridgehead atoms. The SMILES string of the molecule is C#CC(C)(c1ccc(Cl)cc1)c1csc(NC(=O)N2CCC(CO)CC2)n1. The van der Waals surface area contributed by atoms with Gasteiger partial charge in [-0.1, -0.05) is 29.7 Å². The fourth-order valence-electron chi connectivity index (χ4n) is 3.14. The van der Waals surface area contributed by atoms with Gasteiger partial charge in [-0.2, -0.15) is 0 Å². The van der Waals surface area contributed by atoms with E-state index in [-0.39, 0.29) is 18.6 Å². The number of likely N-dealkylation sites (tertiary alicyclic amines) is 1. The first-order valence-electron chi connectivity index (χ1n) is 8.83. The molecule has 0 saturated carbocycles. The highest BCUT2D eigenvalue weighted by molar-refractivity contribution is 7.14. The van der Waals surface area contributed by atoms with Crippen LogP contribution in [0.4, 0.5) is 9.93 Å². The van der Waals surface area contributed by atoms with Gasteiger partial charge in [-0.05, 0) is 43.4 Å². The third-order valence-corrected chi connectivity index (χ3v) is 6.11. The maximum atomic E-state index is 12.5. The second kappa shape index (κ2) is 8.30. The van der Waals surface area contributed by atoms with Crippen LogP contribution in [0.2, 0.25) is 5.02 Å². The number of carbonyl (C=O) groups excluding carboxylic acids is 1. The normalized spacial score (nSPS) is 17.2. The molecule has 0 aliphatic carbocycles. The van der Waals surface area contributed by atoms with Crippen molar-refractivity contribution in [1.82, 2.24) is 9.88 Å². The number of hydrogen-bond acceptors (Lipinski definition) is 4. The summed E-state index contributed by atoms with van der Waals surface area (Å²) >= 11 is 7.33. The minimum absolute atomic E-state index is 0.166. The predicted octanol–water partition coefficient (Wildman–Crippen LogP) is 3.97. The quantitative estimate of drug-likeness (QED) is 0.759. The molecule has 1 saturated heterocycles. The number of aromatic nitrogens is 1. The van der Waals surface area contributed by atoms with Crippen molar-refractivity contribution >= 4 is 34.1 Å². The van der Waals surface area contributed by atoms with Crippen molar-refractivity contribution in [2.24, 2.45) is 5.92 Å². The van der Waals surface area contributed by atoms with Crippen LogP contribution in [0.3, 0.4) is 0 Å². The lowest BCUT2D eigenvalue weighted by Crippen LogP contribution is -2.41. The van der Waals surface area contributed by atoms with Crippen molar-refractivity contribution in [1.29, 1.82) is 0 Å². The van der Waals surface area contributed by atoms with Gasteiger partial charge in [0.25, 0.3) is 0 Å². The molecule has 0 radical (unpaired) electrons. The smallest absolute Gasteiger partial charge is 0.323 e. The monoisotopic (exact) mass is 403 g/mol. The van der Waals surface area contributed by atoms with Crippen LogP contribution in [-0.4, -0.2) is 40.7 Å². The molecule has 27 heavy (non-hydrogen) atoms. The molecule has 1 aromatic carbocycles. The van der Waals surface area contributed by atoms with Crippen molar-refractivity contribution in [3.8, 4) is 12.3 Å². The molecule has 1 aliphatic heterocycles.